The Morgan fingerprint density at radius 1 is 1.33 bits per heavy atom. The summed E-state index contributed by atoms with van der Waals surface area (Å²) in [5.74, 6) is 0.768. The second-order valence-electron chi connectivity index (χ2n) is 4.27. The van der Waals surface area contributed by atoms with Crippen molar-refractivity contribution in [1.29, 1.82) is 5.26 Å². The summed E-state index contributed by atoms with van der Waals surface area (Å²) in [6, 6.07) is 6.96. The second kappa shape index (κ2) is 7.80. The maximum absolute atomic E-state index is 11.9. The first-order valence-corrected chi connectivity index (χ1v) is 6.37. The number of amides is 1. The summed E-state index contributed by atoms with van der Waals surface area (Å²) in [7, 11) is 4.74. The van der Waals surface area contributed by atoms with Crippen molar-refractivity contribution in [2.45, 2.75) is 13.0 Å². The Bertz CT molecular complexity index is 576. The van der Waals surface area contributed by atoms with Gasteiger partial charge >= 0.3 is 0 Å². The summed E-state index contributed by atoms with van der Waals surface area (Å²) in [6.45, 7) is 1.83. The van der Waals surface area contributed by atoms with Gasteiger partial charge in [-0.1, -0.05) is 6.07 Å². The molecule has 1 amide bonds. The van der Waals surface area contributed by atoms with Crippen LogP contribution in [-0.2, 0) is 4.79 Å². The first-order valence-electron chi connectivity index (χ1n) is 6.37. The van der Waals surface area contributed by atoms with E-state index in [4.69, 9.17) is 14.7 Å². The molecule has 0 saturated carbocycles. The molecule has 1 aromatic carbocycles. The van der Waals surface area contributed by atoms with Gasteiger partial charge in [0, 0.05) is 13.2 Å². The molecule has 0 spiro atoms. The Balaban J connectivity index is 2.90. The Morgan fingerprint density at radius 2 is 2.00 bits per heavy atom. The van der Waals surface area contributed by atoms with Gasteiger partial charge in [0.2, 0.25) is 0 Å². The minimum Gasteiger partial charge on any atom is -0.493 e. The van der Waals surface area contributed by atoms with Crippen LogP contribution < -0.4 is 20.1 Å². The minimum absolute atomic E-state index is 0.0184. The zero-order chi connectivity index (χ0) is 15.8. The molecule has 0 aliphatic carbocycles. The van der Waals surface area contributed by atoms with Crippen LogP contribution in [0.1, 0.15) is 18.5 Å². The molecule has 0 aromatic heterocycles. The molecule has 6 heteroatoms. The quantitative estimate of drug-likeness (QED) is 0.612. The van der Waals surface area contributed by atoms with Gasteiger partial charge in [0.15, 0.2) is 11.5 Å². The lowest BCUT2D eigenvalue weighted by Gasteiger charge is -2.16. The van der Waals surface area contributed by atoms with E-state index in [1.807, 2.05) is 19.1 Å². The van der Waals surface area contributed by atoms with Crippen LogP contribution in [0.15, 0.2) is 30.0 Å². The van der Waals surface area contributed by atoms with Gasteiger partial charge in [-0.25, -0.2) is 0 Å². The molecule has 0 radical (unpaired) electrons. The third kappa shape index (κ3) is 4.14. The molecule has 0 heterocycles. The number of rotatable bonds is 6. The highest BCUT2D eigenvalue weighted by molar-refractivity contribution is 5.97. The zero-order valence-electron chi connectivity index (χ0n) is 12.6. The maximum Gasteiger partial charge on any atom is 0.263 e. The number of nitriles is 1. The molecule has 1 atom stereocenters. The van der Waals surface area contributed by atoms with Crippen LogP contribution in [0.3, 0.4) is 0 Å². The van der Waals surface area contributed by atoms with Crippen LogP contribution in [0.25, 0.3) is 0 Å². The van der Waals surface area contributed by atoms with Crippen LogP contribution in [0.4, 0.5) is 0 Å². The molecule has 0 saturated heterocycles. The number of ether oxygens (including phenoxy) is 2. The normalized spacial score (nSPS) is 12.0. The Hall–Kier alpha value is -2.68. The van der Waals surface area contributed by atoms with Crippen LogP contribution >= 0.6 is 0 Å². The molecular formula is C15H19N3O3. The summed E-state index contributed by atoms with van der Waals surface area (Å²) in [5, 5.41) is 14.3. The average molecular weight is 289 g/mol. The molecule has 1 unspecified atom stereocenters. The van der Waals surface area contributed by atoms with E-state index in [0.29, 0.717) is 11.5 Å². The van der Waals surface area contributed by atoms with Crippen molar-refractivity contribution in [2.75, 3.05) is 21.3 Å². The van der Waals surface area contributed by atoms with Crippen LogP contribution in [0.5, 0.6) is 11.5 Å². The highest BCUT2D eigenvalue weighted by Crippen LogP contribution is 2.29. The molecule has 1 rings (SSSR count). The van der Waals surface area contributed by atoms with Crippen molar-refractivity contribution in [3.8, 4) is 17.6 Å². The molecular weight excluding hydrogens is 270 g/mol. The summed E-state index contributed by atoms with van der Waals surface area (Å²) in [5.41, 5.74) is 0.868. The lowest BCUT2D eigenvalue weighted by Crippen LogP contribution is -2.28. The van der Waals surface area contributed by atoms with E-state index in [1.165, 1.54) is 6.20 Å². The zero-order valence-corrected chi connectivity index (χ0v) is 12.6. The van der Waals surface area contributed by atoms with Gasteiger partial charge in [-0.3, -0.25) is 4.79 Å². The number of nitrogens with zero attached hydrogens (tertiary/aromatic N) is 1. The summed E-state index contributed by atoms with van der Waals surface area (Å²) in [4.78, 5) is 11.9. The van der Waals surface area contributed by atoms with Crippen molar-refractivity contribution in [1.82, 2.24) is 10.6 Å². The van der Waals surface area contributed by atoms with Gasteiger partial charge in [-0.2, -0.15) is 5.26 Å². The lowest BCUT2D eigenvalue weighted by atomic mass is 10.1. The molecule has 0 bridgehead atoms. The van der Waals surface area contributed by atoms with Gasteiger partial charge in [0.05, 0.1) is 20.3 Å². The summed E-state index contributed by atoms with van der Waals surface area (Å²) >= 11 is 0. The Kier molecular flexibility index (Phi) is 6.08. The van der Waals surface area contributed by atoms with Crippen molar-refractivity contribution in [2.24, 2.45) is 0 Å². The van der Waals surface area contributed by atoms with Crippen molar-refractivity contribution in [3.63, 3.8) is 0 Å². The molecule has 112 valence electrons. The SMILES string of the molecule is CN/C=C(/C#N)C(=O)NC(C)c1ccc(OC)c(OC)c1. The van der Waals surface area contributed by atoms with E-state index < -0.39 is 5.91 Å². The molecule has 6 nitrogen and oxygen atoms in total. The molecule has 1 aromatic rings. The predicted molar refractivity (Wildman–Crippen MR) is 78.9 cm³/mol. The smallest absolute Gasteiger partial charge is 0.263 e. The number of hydrogen-bond donors (Lipinski definition) is 2. The van der Waals surface area contributed by atoms with E-state index >= 15 is 0 Å². The monoisotopic (exact) mass is 289 g/mol. The largest absolute Gasteiger partial charge is 0.493 e. The minimum atomic E-state index is -0.436. The third-order valence-electron chi connectivity index (χ3n) is 2.91. The number of methoxy groups -OCH3 is 2. The maximum atomic E-state index is 11.9. The van der Waals surface area contributed by atoms with Crippen LogP contribution in [-0.4, -0.2) is 27.2 Å². The van der Waals surface area contributed by atoms with Gasteiger partial charge in [-0.15, -0.1) is 0 Å². The fourth-order valence-corrected chi connectivity index (χ4v) is 1.77. The van der Waals surface area contributed by atoms with E-state index in [-0.39, 0.29) is 11.6 Å². The van der Waals surface area contributed by atoms with Crippen LogP contribution in [0, 0.1) is 11.3 Å². The highest BCUT2D eigenvalue weighted by atomic mass is 16.5. The van der Waals surface area contributed by atoms with Gasteiger partial charge in [-0.05, 0) is 24.6 Å². The second-order valence-corrected chi connectivity index (χ2v) is 4.27. The number of nitrogens with one attached hydrogen (secondary N) is 2. The van der Waals surface area contributed by atoms with Gasteiger partial charge in [0.1, 0.15) is 11.6 Å². The number of hydrogen-bond acceptors (Lipinski definition) is 5. The van der Waals surface area contributed by atoms with Gasteiger partial charge < -0.3 is 20.1 Å². The van der Waals surface area contributed by atoms with E-state index in [0.717, 1.165) is 5.56 Å². The number of carbonyl (C=O) groups excluding carboxylic acids is 1. The van der Waals surface area contributed by atoms with Crippen molar-refractivity contribution >= 4 is 5.91 Å². The molecule has 0 aliphatic rings. The first-order chi connectivity index (χ1) is 10.1. The lowest BCUT2D eigenvalue weighted by molar-refractivity contribution is -0.117. The first kappa shape index (κ1) is 16.4. The van der Waals surface area contributed by atoms with Crippen LogP contribution in [0.2, 0.25) is 0 Å². The third-order valence-corrected chi connectivity index (χ3v) is 2.91. The Morgan fingerprint density at radius 3 is 2.52 bits per heavy atom. The molecule has 0 fully saturated rings. The van der Waals surface area contributed by atoms with E-state index in [9.17, 15) is 4.79 Å². The van der Waals surface area contributed by atoms with Crippen molar-refractivity contribution in [3.05, 3.63) is 35.5 Å². The highest BCUT2D eigenvalue weighted by Gasteiger charge is 2.15. The van der Waals surface area contributed by atoms with Crippen molar-refractivity contribution < 1.29 is 14.3 Å². The van der Waals surface area contributed by atoms with E-state index in [1.54, 1.807) is 33.4 Å². The number of benzene rings is 1. The number of carbonyl (C=O) groups is 1. The Labute approximate surface area is 124 Å². The molecule has 21 heavy (non-hydrogen) atoms. The fourth-order valence-electron chi connectivity index (χ4n) is 1.77. The standard InChI is InChI=1S/C15H19N3O3/c1-10(18-15(19)12(8-16)9-17-2)11-5-6-13(20-3)14(7-11)21-4/h5-7,9-10,17H,1-4H3,(H,18,19)/b12-9-. The summed E-state index contributed by atoms with van der Waals surface area (Å²) in [6.07, 6.45) is 1.36. The average Bonchev–Trinajstić information content (AvgIpc) is 2.51. The van der Waals surface area contributed by atoms with E-state index in [2.05, 4.69) is 10.6 Å². The predicted octanol–water partition coefficient (Wildman–Crippen LogP) is 1.51. The van der Waals surface area contributed by atoms with Gasteiger partial charge in [0.25, 0.3) is 5.91 Å². The molecule has 2 N–H and O–H groups in total. The molecule has 0 aliphatic heterocycles. The fraction of sp³-hybridized carbons (Fsp3) is 0.333. The topological polar surface area (TPSA) is 83.4 Å². The summed E-state index contributed by atoms with van der Waals surface area (Å²) < 4.78 is 10.4.